The minimum Gasteiger partial charge on any atom is -1.00 e. The standard InChI is InChI=1S/2C14H23Si.2ClH.Hf/c2*1-3-5-9-15(10-6-11-15)14-8-7-13(4-2)12-14;;;/h2*7H,3-6,8-11H2,1-2H3;2*1H;/q;;;;+2/p-2. The molecule has 2 fully saturated rings. The first-order chi connectivity index (χ1) is 15.1. The van der Waals surface area contributed by atoms with Crippen molar-refractivity contribution >= 4 is 16.1 Å². The van der Waals surface area contributed by atoms with E-state index in [4.69, 9.17) is 0 Å². The molecule has 33 heavy (non-hydrogen) atoms. The number of halogens is 2. The van der Waals surface area contributed by atoms with Gasteiger partial charge in [-0.1, -0.05) is 0 Å². The van der Waals surface area contributed by atoms with Crippen molar-refractivity contribution in [3.63, 3.8) is 0 Å². The second kappa shape index (κ2) is 13.4. The number of hydrogen-bond acceptors (Lipinski definition) is 0. The normalized spacial score (nSPS) is 22.5. The van der Waals surface area contributed by atoms with Gasteiger partial charge in [0.15, 0.2) is 0 Å². The molecule has 4 aliphatic rings. The third kappa shape index (κ3) is 5.89. The van der Waals surface area contributed by atoms with E-state index in [2.05, 4.69) is 56.9 Å². The largest absolute Gasteiger partial charge is 1.00 e. The van der Waals surface area contributed by atoms with Crippen LogP contribution in [0.5, 0.6) is 0 Å². The minimum atomic E-state index is -1.09. The van der Waals surface area contributed by atoms with Crippen LogP contribution in [-0.4, -0.2) is 16.1 Å². The van der Waals surface area contributed by atoms with Crippen molar-refractivity contribution in [3.8, 4) is 0 Å². The van der Waals surface area contributed by atoms with Crippen LogP contribution in [0.25, 0.3) is 0 Å². The predicted octanol–water partition coefficient (Wildman–Crippen LogP) is 3.45. The molecule has 0 N–H and O–H groups in total. The molecule has 2 heterocycles. The van der Waals surface area contributed by atoms with Crippen molar-refractivity contribution in [2.24, 2.45) is 0 Å². The molecule has 0 unspecified atom stereocenters. The number of hydrogen-bond donors (Lipinski definition) is 0. The monoisotopic (exact) mass is 688 g/mol. The second-order valence-electron chi connectivity index (χ2n) is 10.9. The maximum absolute atomic E-state index is 2.72. The quantitative estimate of drug-likeness (QED) is 0.276. The summed E-state index contributed by atoms with van der Waals surface area (Å²) >= 11 is -0.967. The van der Waals surface area contributed by atoms with Crippen LogP contribution in [0.3, 0.4) is 0 Å². The Bertz CT molecular complexity index is 735. The topological polar surface area (TPSA) is 0 Å². The Labute approximate surface area is 230 Å². The zero-order valence-corrected chi connectivity index (χ0v) is 28.8. The van der Waals surface area contributed by atoms with Crippen LogP contribution >= 0.6 is 0 Å². The van der Waals surface area contributed by atoms with Crippen LogP contribution < -0.4 is 24.8 Å². The van der Waals surface area contributed by atoms with Gasteiger partial charge in [0, 0.05) is 0 Å². The first-order valence-corrected chi connectivity index (χ1v) is 22.6. The molecule has 2 saturated heterocycles. The van der Waals surface area contributed by atoms with E-state index in [1.807, 2.05) is 11.1 Å². The summed E-state index contributed by atoms with van der Waals surface area (Å²) in [4.78, 5) is 0. The van der Waals surface area contributed by atoms with Gasteiger partial charge in [-0.05, 0) is 0 Å². The van der Waals surface area contributed by atoms with E-state index in [9.17, 15) is 0 Å². The molecular weight excluding hydrogens is 642 g/mol. The number of rotatable bonds is 12. The molecule has 0 bridgehead atoms. The average molecular weight is 688 g/mol. The van der Waals surface area contributed by atoms with Crippen molar-refractivity contribution in [1.29, 1.82) is 0 Å². The third-order valence-electron chi connectivity index (χ3n) is 9.28. The van der Waals surface area contributed by atoms with E-state index in [0.29, 0.717) is 0 Å². The molecule has 0 nitrogen and oxygen atoms in total. The van der Waals surface area contributed by atoms with Crippen molar-refractivity contribution < 1.29 is 47.7 Å². The zero-order chi connectivity index (χ0) is 21.9. The Morgan fingerprint density at radius 1 is 0.667 bits per heavy atom. The van der Waals surface area contributed by atoms with Crippen LogP contribution in [0.15, 0.2) is 40.4 Å². The van der Waals surface area contributed by atoms with E-state index in [0.717, 1.165) is 0 Å². The van der Waals surface area contributed by atoms with Gasteiger partial charge >= 0.3 is 208 Å². The molecule has 0 aromatic heterocycles. The van der Waals surface area contributed by atoms with E-state index in [1.165, 1.54) is 51.4 Å². The molecule has 0 aromatic rings. The van der Waals surface area contributed by atoms with E-state index in [-0.39, 0.29) is 24.8 Å². The van der Waals surface area contributed by atoms with Gasteiger partial charge in [0.25, 0.3) is 0 Å². The number of allylic oxidation sites excluding steroid dienone is 8. The molecule has 0 atom stereocenters. The molecular formula is C28H46Cl2HfSi2. The fourth-order valence-electron chi connectivity index (χ4n) is 6.93. The molecule has 0 saturated carbocycles. The molecule has 0 spiro atoms. The summed E-state index contributed by atoms with van der Waals surface area (Å²) in [7, 11) is -2.19. The fraction of sp³-hybridized carbons (Fsp3) is 0.714. The van der Waals surface area contributed by atoms with Crippen molar-refractivity contribution in [1.82, 2.24) is 0 Å². The van der Waals surface area contributed by atoms with Crippen molar-refractivity contribution in [3.05, 3.63) is 40.4 Å². The van der Waals surface area contributed by atoms with Crippen LogP contribution in [0, 0.1) is 0 Å². The molecule has 5 heteroatoms. The Hall–Kier alpha value is 0.844. The molecule has 184 valence electrons. The van der Waals surface area contributed by atoms with Gasteiger partial charge in [0.1, 0.15) is 0 Å². The smallest absolute Gasteiger partial charge is 1.00 e. The first kappa shape index (κ1) is 30.1. The summed E-state index contributed by atoms with van der Waals surface area (Å²) in [6.45, 7) is 9.71. The summed E-state index contributed by atoms with van der Waals surface area (Å²) in [6.07, 6.45) is 19.7. The number of unbranched alkanes of at least 4 members (excludes halogenated alkanes) is 2. The van der Waals surface area contributed by atoms with Crippen molar-refractivity contribution in [2.75, 3.05) is 0 Å². The van der Waals surface area contributed by atoms with Gasteiger partial charge in [-0.25, -0.2) is 0 Å². The minimum absolute atomic E-state index is 0. The third-order valence-corrected chi connectivity index (χ3v) is 28.7. The molecule has 0 aromatic carbocycles. The summed E-state index contributed by atoms with van der Waals surface area (Å²) < 4.78 is 4.16. The Kier molecular flexibility index (Phi) is 12.2. The van der Waals surface area contributed by atoms with E-state index < -0.39 is 39.1 Å². The summed E-state index contributed by atoms with van der Waals surface area (Å²) in [5, 5.41) is 4.25. The molecule has 2 aliphatic carbocycles. The first-order valence-electron chi connectivity index (χ1n) is 13.8. The van der Waals surface area contributed by atoms with Gasteiger partial charge in [0.2, 0.25) is 0 Å². The molecule has 0 radical (unpaired) electrons. The molecule has 4 rings (SSSR count). The summed E-state index contributed by atoms with van der Waals surface area (Å²) in [6, 6.07) is 9.78. The maximum Gasteiger partial charge on any atom is -1.00 e. The SMILES string of the molecule is CCCC[Si]1(C2=[C]([Hf+2][C]3=C([Si]4(CCCC)CCC4)CC=C3CC)C(CC)=CC2)CCC1.[Cl-].[Cl-]. The summed E-state index contributed by atoms with van der Waals surface area (Å²) in [5.74, 6) is 0. The Balaban J connectivity index is 0.00000193. The Morgan fingerprint density at radius 2 is 1.06 bits per heavy atom. The fourth-order valence-corrected chi connectivity index (χ4v) is 29.3. The van der Waals surface area contributed by atoms with Gasteiger partial charge < -0.3 is 24.8 Å². The van der Waals surface area contributed by atoms with E-state index >= 15 is 0 Å². The average Bonchev–Trinajstić information content (AvgIpc) is 3.32. The Morgan fingerprint density at radius 3 is 1.33 bits per heavy atom. The predicted molar refractivity (Wildman–Crippen MR) is 139 cm³/mol. The van der Waals surface area contributed by atoms with Gasteiger partial charge in [-0.2, -0.15) is 0 Å². The maximum atomic E-state index is 2.72. The van der Waals surface area contributed by atoms with Crippen LogP contribution in [0.2, 0.25) is 36.3 Å². The zero-order valence-electron chi connectivity index (χ0n) is 21.7. The van der Waals surface area contributed by atoms with Gasteiger partial charge in [-0.15, -0.1) is 0 Å². The van der Waals surface area contributed by atoms with Crippen LogP contribution in [0.4, 0.5) is 0 Å². The summed E-state index contributed by atoms with van der Waals surface area (Å²) in [5.41, 5.74) is 3.67. The molecule has 0 amide bonds. The van der Waals surface area contributed by atoms with Crippen LogP contribution in [0.1, 0.15) is 91.9 Å². The van der Waals surface area contributed by atoms with Crippen LogP contribution in [-0.2, 0) is 22.9 Å². The van der Waals surface area contributed by atoms with E-state index in [1.54, 1.807) is 49.1 Å². The van der Waals surface area contributed by atoms with Crippen molar-refractivity contribution in [2.45, 2.75) is 128 Å². The second-order valence-corrected chi connectivity index (χ2v) is 24.7. The molecule has 2 aliphatic heterocycles. The van der Waals surface area contributed by atoms with Gasteiger partial charge in [-0.3, -0.25) is 0 Å². The van der Waals surface area contributed by atoms with Gasteiger partial charge in [0.05, 0.1) is 0 Å².